The zero-order valence-corrected chi connectivity index (χ0v) is 5.72. The fourth-order valence-corrected chi connectivity index (χ4v) is 0.674. The van der Waals surface area contributed by atoms with E-state index in [0.29, 0.717) is 0 Å². The summed E-state index contributed by atoms with van der Waals surface area (Å²) in [7, 11) is 3.73. The van der Waals surface area contributed by atoms with Crippen LogP contribution in [0.2, 0.25) is 0 Å². The summed E-state index contributed by atoms with van der Waals surface area (Å²) in [5.41, 5.74) is 1.26. The summed E-state index contributed by atoms with van der Waals surface area (Å²) in [6.07, 6.45) is 0. The molecule has 0 saturated carbocycles. The third kappa shape index (κ3) is 1.49. The van der Waals surface area contributed by atoms with Crippen molar-refractivity contribution in [1.29, 1.82) is 0 Å². The number of methoxy groups -OCH3 is 1. The van der Waals surface area contributed by atoms with Crippen LogP contribution in [-0.4, -0.2) is 15.0 Å². The van der Waals surface area contributed by atoms with E-state index in [0.717, 1.165) is 5.75 Å². The number of ether oxygens (including phenoxy) is 1. The Bertz CT molecular complexity index is 181. The number of hydrogen-bond acceptors (Lipinski definition) is 1. The first-order valence-corrected chi connectivity index (χ1v) is 2.93. The maximum absolute atomic E-state index is 4.97. The highest BCUT2D eigenvalue weighted by Gasteiger charge is 1.85. The second-order valence-corrected chi connectivity index (χ2v) is 2.02. The molecule has 0 heterocycles. The Morgan fingerprint density at radius 1 is 1.22 bits per heavy atom. The molecule has 1 nitrogen and oxygen atoms in total. The van der Waals surface area contributed by atoms with Gasteiger partial charge in [0.05, 0.1) is 7.11 Å². The molecule has 0 aromatic heterocycles. The van der Waals surface area contributed by atoms with Crippen molar-refractivity contribution in [3.05, 3.63) is 24.3 Å². The molecule has 9 heavy (non-hydrogen) atoms. The molecule has 1 aromatic rings. The van der Waals surface area contributed by atoms with Gasteiger partial charge in [0, 0.05) is 0 Å². The molecule has 2 heteroatoms. The van der Waals surface area contributed by atoms with Gasteiger partial charge in [-0.05, 0) is 12.1 Å². The van der Waals surface area contributed by atoms with Gasteiger partial charge in [0.15, 0.2) is 0 Å². The van der Waals surface area contributed by atoms with E-state index in [1.807, 2.05) is 24.3 Å². The highest BCUT2D eigenvalue weighted by Crippen LogP contribution is 2.04. The highest BCUT2D eigenvalue weighted by molar-refractivity contribution is 6.32. The average Bonchev–Trinajstić information content (AvgIpc) is 1.90. The van der Waals surface area contributed by atoms with Crippen LogP contribution >= 0.6 is 0 Å². The molecule has 0 atom stereocenters. The van der Waals surface area contributed by atoms with Crippen LogP contribution in [0.15, 0.2) is 24.3 Å². The van der Waals surface area contributed by atoms with Crippen LogP contribution in [0.25, 0.3) is 0 Å². The fourth-order valence-electron chi connectivity index (χ4n) is 0.674. The molecule has 1 rings (SSSR count). The maximum atomic E-state index is 4.97. The molecule has 46 valence electrons. The Labute approximate surface area is 56.1 Å². The van der Waals surface area contributed by atoms with Gasteiger partial charge in [-0.25, -0.2) is 0 Å². The molecule has 1 aromatic carbocycles. The second kappa shape index (κ2) is 2.58. The first kappa shape index (κ1) is 6.21. The van der Waals surface area contributed by atoms with Gasteiger partial charge >= 0.3 is 0 Å². The van der Waals surface area contributed by atoms with Crippen molar-refractivity contribution in [3.63, 3.8) is 0 Å². The van der Waals surface area contributed by atoms with E-state index in [1.165, 1.54) is 5.46 Å². The van der Waals surface area contributed by atoms with Crippen molar-refractivity contribution in [2.24, 2.45) is 0 Å². The van der Waals surface area contributed by atoms with Gasteiger partial charge in [0.2, 0.25) is 0 Å². The zero-order valence-electron chi connectivity index (χ0n) is 5.72. The summed E-state index contributed by atoms with van der Waals surface area (Å²) in [5.74, 6) is 0.917. The molecule has 0 N–H and O–H groups in total. The van der Waals surface area contributed by atoms with Crippen molar-refractivity contribution < 1.29 is 4.74 Å². The van der Waals surface area contributed by atoms with Crippen LogP contribution in [-0.2, 0) is 0 Å². The van der Waals surface area contributed by atoms with Gasteiger partial charge < -0.3 is 4.74 Å². The van der Waals surface area contributed by atoms with E-state index in [9.17, 15) is 0 Å². The molecule has 0 saturated heterocycles. The lowest BCUT2D eigenvalue weighted by Gasteiger charge is -1.97. The van der Waals surface area contributed by atoms with E-state index in [2.05, 4.69) is 7.85 Å². The van der Waals surface area contributed by atoms with Gasteiger partial charge in [-0.3, -0.25) is 0 Å². The van der Waals surface area contributed by atoms with Gasteiger partial charge in [-0.1, -0.05) is 17.6 Å². The third-order valence-electron chi connectivity index (χ3n) is 1.26. The smallest absolute Gasteiger partial charge is 0.139 e. The normalized spacial score (nSPS) is 9.00. The Morgan fingerprint density at radius 3 is 2.22 bits per heavy atom. The molecule has 0 radical (unpaired) electrons. The molecular weight excluding hydrogens is 111 g/mol. The molecule has 0 aliphatic heterocycles. The molecule has 0 aliphatic carbocycles. The van der Waals surface area contributed by atoms with Crippen LogP contribution in [0.4, 0.5) is 0 Å². The Hall–Kier alpha value is -0.915. The van der Waals surface area contributed by atoms with E-state index < -0.39 is 0 Å². The summed E-state index contributed by atoms with van der Waals surface area (Å²) in [5, 5.41) is 0. The van der Waals surface area contributed by atoms with Crippen molar-refractivity contribution in [3.8, 4) is 5.75 Å². The molecular formula is C7H9BO. The predicted molar refractivity (Wildman–Crippen MR) is 41.2 cm³/mol. The van der Waals surface area contributed by atoms with Crippen molar-refractivity contribution in [2.75, 3.05) is 7.11 Å². The first-order valence-electron chi connectivity index (χ1n) is 2.93. The largest absolute Gasteiger partial charge is 0.497 e. The van der Waals surface area contributed by atoms with Gasteiger partial charge in [-0.15, -0.1) is 0 Å². The SMILES string of the molecule is Bc1ccc(OC)cc1. The average molecular weight is 120 g/mol. The van der Waals surface area contributed by atoms with Crippen LogP contribution in [0.3, 0.4) is 0 Å². The Balaban J connectivity index is 2.88. The Kier molecular flexibility index (Phi) is 1.78. The summed E-state index contributed by atoms with van der Waals surface area (Å²) >= 11 is 0. The minimum Gasteiger partial charge on any atom is -0.497 e. The number of benzene rings is 1. The van der Waals surface area contributed by atoms with Gasteiger partial charge in [-0.2, -0.15) is 0 Å². The van der Waals surface area contributed by atoms with E-state index in [1.54, 1.807) is 7.11 Å². The standard InChI is InChI=1S/C7H9BO/c1-9-7-4-2-6(8)3-5-7/h2-5H,8H2,1H3. The lowest BCUT2D eigenvalue weighted by molar-refractivity contribution is 0.415. The minimum atomic E-state index is 0.917. The number of rotatable bonds is 1. The first-order chi connectivity index (χ1) is 4.33. The maximum Gasteiger partial charge on any atom is 0.139 e. The lowest BCUT2D eigenvalue weighted by Crippen LogP contribution is -1.99. The van der Waals surface area contributed by atoms with Crippen molar-refractivity contribution >= 4 is 13.3 Å². The molecule has 0 fully saturated rings. The Morgan fingerprint density at radius 2 is 1.78 bits per heavy atom. The van der Waals surface area contributed by atoms with Crippen LogP contribution < -0.4 is 10.2 Å². The monoisotopic (exact) mass is 120 g/mol. The minimum absolute atomic E-state index is 0.917. The molecule has 0 aliphatic rings. The second-order valence-electron chi connectivity index (χ2n) is 2.02. The van der Waals surface area contributed by atoms with Gasteiger partial charge in [0.1, 0.15) is 13.6 Å². The third-order valence-corrected chi connectivity index (χ3v) is 1.26. The molecule has 0 amide bonds. The summed E-state index contributed by atoms with van der Waals surface area (Å²) in [4.78, 5) is 0. The van der Waals surface area contributed by atoms with Crippen molar-refractivity contribution in [2.45, 2.75) is 0 Å². The lowest BCUT2D eigenvalue weighted by atomic mass is 9.97. The topological polar surface area (TPSA) is 9.23 Å². The quantitative estimate of drug-likeness (QED) is 0.472. The zero-order chi connectivity index (χ0) is 6.69. The molecule has 0 spiro atoms. The van der Waals surface area contributed by atoms with Gasteiger partial charge in [0.25, 0.3) is 0 Å². The summed E-state index contributed by atoms with van der Waals surface area (Å²) < 4.78 is 4.97. The number of hydrogen-bond donors (Lipinski definition) is 0. The van der Waals surface area contributed by atoms with Crippen LogP contribution in [0.5, 0.6) is 5.75 Å². The van der Waals surface area contributed by atoms with E-state index in [-0.39, 0.29) is 0 Å². The summed E-state index contributed by atoms with van der Waals surface area (Å²) in [6.45, 7) is 0. The van der Waals surface area contributed by atoms with Crippen LogP contribution in [0, 0.1) is 0 Å². The fraction of sp³-hybridized carbons (Fsp3) is 0.143. The molecule has 0 unspecified atom stereocenters. The predicted octanol–water partition coefficient (Wildman–Crippen LogP) is -0.0464. The molecule has 0 bridgehead atoms. The van der Waals surface area contributed by atoms with E-state index >= 15 is 0 Å². The van der Waals surface area contributed by atoms with Crippen molar-refractivity contribution in [1.82, 2.24) is 0 Å². The summed E-state index contributed by atoms with van der Waals surface area (Å²) in [6, 6.07) is 7.96. The van der Waals surface area contributed by atoms with Crippen LogP contribution in [0.1, 0.15) is 0 Å². The van der Waals surface area contributed by atoms with E-state index in [4.69, 9.17) is 4.74 Å². The highest BCUT2D eigenvalue weighted by atomic mass is 16.5.